The molecule has 1 aromatic rings. The van der Waals surface area contributed by atoms with Gasteiger partial charge in [0, 0.05) is 26.1 Å². The molecule has 3 heterocycles. The molecule has 28 heavy (non-hydrogen) atoms. The minimum atomic E-state index is -1.07. The molecule has 0 radical (unpaired) electrons. The molecule has 3 aliphatic heterocycles. The summed E-state index contributed by atoms with van der Waals surface area (Å²) in [6.07, 6.45) is 1.53. The minimum Gasteiger partial charge on any atom is -0.396 e. The molecule has 9 heteroatoms. The average molecular weight is 389 g/mol. The van der Waals surface area contributed by atoms with E-state index in [1.807, 2.05) is 4.90 Å². The Morgan fingerprint density at radius 2 is 1.82 bits per heavy atom. The topological polar surface area (TPSA) is 107 Å². The van der Waals surface area contributed by atoms with Crippen molar-refractivity contribution in [2.45, 2.75) is 31.7 Å². The molecule has 0 aromatic heterocycles. The number of nitrogens with zero attached hydrogens (tertiary/aromatic N) is 2. The van der Waals surface area contributed by atoms with E-state index in [1.54, 1.807) is 0 Å². The monoisotopic (exact) mass is 389 g/mol. The van der Waals surface area contributed by atoms with Crippen molar-refractivity contribution in [3.63, 3.8) is 0 Å². The lowest BCUT2D eigenvalue weighted by molar-refractivity contribution is -0.136. The van der Waals surface area contributed by atoms with Crippen LogP contribution >= 0.6 is 0 Å². The Kier molecular flexibility index (Phi) is 4.62. The zero-order chi connectivity index (χ0) is 20.0. The summed E-state index contributed by atoms with van der Waals surface area (Å²) in [5.74, 6) is -2.87. The van der Waals surface area contributed by atoms with Crippen molar-refractivity contribution in [2.75, 3.05) is 24.6 Å². The maximum atomic E-state index is 14.7. The van der Waals surface area contributed by atoms with Crippen molar-refractivity contribution >= 4 is 29.3 Å². The van der Waals surface area contributed by atoms with Gasteiger partial charge in [0.1, 0.15) is 11.9 Å². The van der Waals surface area contributed by atoms with E-state index in [0.717, 1.165) is 17.4 Å². The van der Waals surface area contributed by atoms with Crippen molar-refractivity contribution in [2.24, 2.45) is 5.92 Å². The smallest absolute Gasteiger partial charge is 0.262 e. The minimum absolute atomic E-state index is 0.0312. The Labute approximate surface area is 160 Å². The number of aliphatic hydroxyl groups is 1. The Morgan fingerprint density at radius 1 is 1.11 bits per heavy atom. The van der Waals surface area contributed by atoms with Crippen molar-refractivity contribution in [1.82, 2.24) is 10.2 Å². The molecule has 2 N–H and O–H groups in total. The van der Waals surface area contributed by atoms with Gasteiger partial charge < -0.3 is 10.0 Å². The summed E-state index contributed by atoms with van der Waals surface area (Å²) < 4.78 is 14.7. The van der Waals surface area contributed by atoms with Crippen LogP contribution in [0.25, 0.3) is 0 Å². The Balaban J connectivity index is 1.62. The Bertz CT molecular complexity index is 887. The van der Waals surface area contributed by atoms with Gasteiger partial charge in [-0.3, -0.25) is 29.4 Å². The summed E-state index contributed by atoms with van der Waals surface area (Å²) in [4.78, 5) is 51.6. The molecule has 3 aliphatic rings. The largest absolute Gasteiger partial charge is 0.396 e. The number of carbonyl (C=O) groups is 4. The van der Waals surface area contributed by atoms with Crippen LogP contribution in [0.4, 0.5) is 10.1 Å². The van der Waals surface area contributed by atoms with Gasteiger partial charge in [-0.05, 0) is 37.3 Å². The molecule has 8 nitrogen and oxygen atoms in total. The number of carbonyl (C=O) groups excluding carboxylic acids is 4. The second-order valence-electron chi connectivity index (χ2n) is 7.41. The summed E-state index contributed by atoms with van der Waals surface area (Å²) in [5.41, 5.74) is 0.240. The van der Waals surface area contributed by atoms with Gasteiger partial charge in [-0.1, -0.05) is 0 Å². The van der Waals surface area contributed by atoms with Crippen molar-refractivity contribution in [3.05, 3.63) is 29.1 Å². The molecule has 2 fully saturated rings. The number of benzene rings is 1. The standard InChI is InChI=1S/C19H20FN3O5/c20-13-7-11-12(8-15(13)22-5-3-10(9-22)4-6-24)19(28)23(18(11)27)14-1-2-16(25)21-17(14)26/h7-8,10,14,24H,1-6,9H2,(H,21,25,26)/t10-,14?/m0/s1. The van der Waals surface area contributed by atoms with Crippen LogP contribution in [0, 0.1) is 11.7 Å². The van der Waals surface area contributed by atoms with Crippen LogP contribution in [0.2, 0.25) is 0 Å². The summed E-state index contributed by atoms with van der Waals surface area (Å²) in [5, 5.41) is 11.2. The van der Waals surface area contributed by atoms with Gasteiger partial charge in [0.25, 0.3) is 11.8 Å². The normalized spacial score (nSPS) is 24.8. The van der Waals surface area contributed by atoms with Gasteiger partial charge in [-0.15, -0.1) is 0 Å². The van der Waals surface area contributed by atoms with E-state index in [1.165, 1.54) is 6.07 Å². The van der Waals surface area contributed by atoms with Gasteiger partial charge in [0.05, 0.1) is 16.8 Å². The lowest BCUT2D eigenvalue weighted by Gasteiger charge is -2.27. The number of hydrogen-bond donors (Lipinski definition) is 2. The first-order valence-electron chi connectivity index (χ1n) is 9.31. The second-order valence-corrected chi connectivity index (χ2v) is 7.41. The predicted octanol–water partition coefficient (Wildman–Crippen LogP) is 0.436. The molecule has 2 saturated heterocycles. The van der Waals surface area contributed by atoms with Gasteiger partial charge in [0.15, 0.2) is 0 Å². The summed E-state index contributed by atoms with van der Waals surface area (Å²) in [7, 11) is 0. The maximum absolute atomic E-state index is 14.7. The third-order valence-electron chi connectivity index (χ3n) is 5.67. The highest BCUT2D eigenvalue weighted by molar-refractivity contribution is 6.23. The number of nitrogens with one attached hydrogen (secondary N) is 1. The molecule has 0 saturated carbocycles. The van der Waals surface area contributed by atoms with E-state index >= 15 is 0 Å². The first kappa shape index (κ1) is 18.5. The number of fused-ring (bicyclic) bond motifs is 1. The number of anilines is 1. The highest BCUT2D eigenvalue weighted by atomic mass is 19.1. The van der Waals surface area contributed by atoms with Crippen LogP contribution < -0.4 is 10.2 Å². The molecule has 1 aromatic carbocycles. The van der Waals surface area contributed by atoms with Gasteiger partial charge in [-0.25, -0.2) is 4.39 Å². The van der Waals surface area contributed by atoms with E-state index in [9.17, 15) is 23.6 Å². The first-order valence-corrected chi connectivity index (χ1v) is 9.31. The molecule has 0 spiro atoms. The molecule has 0 aliphatic carbocycles. The van der Waals surface area contributed by atoms with Crippen molar-refractivity contribution in [1.29, 1.82) is 0 Å². The van der Waals surface area contributed by atoms with Crippen LogP contribution in [-0.2, 0) is 9.59 Å². The molecule has 0 bridgehead atoms. The zero-order valence-corrected chi connectivity index (χ0v) is 15.1. The fraction of sp³-hybridized carbons (Fsp3) is 0.474. The maximum Gasteiger partial charge on any atom is 0.262 e. The summed E-state index contributed by atoms with van der Waals surface area (Å²) in [6, 6.07) is 1.35. The van der Waals surface area contributed by atoms with E-state index in [0.29, 0.717) is 19.5 Å². The number of rotatable bonds is 4. The van der Waals surface area contributed by atoms with E-state index in [2.05, 4.69) is 5.32 Å². The second kappa shape index (κ2) is 6.97. The fourth-order valence-electron chi connectivity index (χ4n) is 4.19. The Morgan fingerprint density at radius 3 is 2.50 bits per heavy atom. The number of hydrogen-bond acceptors (Lipinski definition) is 6. The number of imide groups is 2. The zero-order valence-electron chi connectivity index (χ0n) is 15.1. The fourth-order valence-corrected chi connectivity index (χ4v) is 4.19. The number of aliphatic hydroxyl groups excluding tert-OH is 1. The molecule has 2 atom stereocenters. The van der Waals surface area contributed by atoms with Crippen molar-refractivity contribution < 1.29 is 28.7 Å². The summed E-state index contributed by atoms with van der Waals surface area (Å²) >= 11 is 0. The molecule has 148 valence electrons. The third kappa shape index (κ3) is 2.95. The highest BCUT2D eigenvalue weighted by Gasteiger charge is 2.45. The molecular weight excluding hydrogens is 369 g/mol. The SMILES string of the molecule is O=C1CCC(N2C(=O)c3cc(F)c(N4CC[C@@H](CCO)C4)cc3C2=O)C(=O)N1. The molecule has 1 unspecified atom stereocenters. The third-order valence-corrected chi connectivity index (χ3v) is 5.67. The quantitative estimate of drug-likeness (QED) is 0.724. The summed E-state index contributed by atoms with van der Waals surface area (Å²) in [6.45, 7) is 1.23. The van der Waals surface area contributed by atoms with Crippen LogP contribution in [0.15, 0.2) is 12.1 Å². The molecular formula is C19H20FN3O5. The van der Waals surface area contributed by atoms with E-state index in [4.69, 9.17) is 5.11 Å². The van der Waals surface area contributed by atoms with Gasteiger partial charge >= 0.3 is 0 Å². The van der Waals surface area contributed by atoms with Gasteiger partial charge in [0.2, 0.25) is 11.8 Å². The number of amides is 4. The van der Waals surface area contributed by atoms with Crippen LogP contribution in [0.1, 0.15) is 46.4 Å². The van der Waals surface area contributed by atoms with E-state index < -0.39 is 35.5 Å². The first-order chi connectivity index (χ1) is 13.4. The van der Waals surface area contributed by atoms with Crippen LogP contribution in [0.5, 0.6) is 0 Å². The van der Waals surface area contributed by atoms with E-state index in [-0.39, 0.29) is 42.2 Å². The van der Waals surface area contributed by atoms with Crippen LogP contribution in [-0.4, -0.2) is 59.4 Å². The number of halogens is 1. The molecule has 4 amide bonds. The average Bonchev–Trinajstić information content (AvgIpc) is 3.19. The lowest BCUT2D eigenvalue weighted by Crippen LogP contribution is -2.54. The highest BCUT2D eigenvalue weighted by Crippen LogP contribution is 2.34. The van der Waals surface area contributed by atoms with Crippen LogP contribution in [0.3, 0.4) is 0 Å². The number of piperidine rings is 1. The van der Waals surface area contributed by atoms with Gasteiger partial charge in [-0.2, -0.15) is 0 Å². The predicted molar refractivity (Wildman–Crippen MR) is 95.1 cm³/mol. The molecule has 4 rings (SSSR count). The van der Waals surface area contributed by atoms with Crippen molar-refractivity contribution in [3.8, 4) is 0 Å². The Hall–Kier alpha value is -2.81. The lowest BCUT2D eigenvalue weighted by atomic mass is 10.0.